The fraction of sp³-hybridized carbons (Fsp3) is 0.357. The lowest BCUT2D eigenvalue weighted by Gasteiger charge is -2.15. The Morgan fingerprint density at radius 2 is 2.05 bits per heavy atom. The monoisotopic (exact) mass is 330 g/mol. The SMILES string of the molecule is COc1cc(Cl)cc(CO)c1OCc1c(Cl)c(C)nn1C. The third-order valence-electron chi connectivity index (χ3n) is 3.10. The highest BCUT2D eigenvalue weighted by atomic mass is 35.5. The minimum atomic E-state index is -0.204. The van der Waals surface area contributed by atoms with Crippen LogP contribution >= 0.6 is 23.2 Å². The number of aliphatic hydroxyl groups excluding tert-OH is 1. The van der Waals surface area contributed by atoms with E-state index in [9.17, 15) is 5.11 Å². The minimum absolute atomic E-state index is 0.204. The van der Waals surface area contributed by atoms with Gasteiger partial charge in [-0.2, -0.15) is 5.10 Å². The zero-order valence-electron chi connectivity index (χ0n) is 12.0. The highest BCUT2D eigenvalue weighted by Gasteiger charge is 2.16. The standard InChI is InChI=1S/C14H16Cl2N2O3/c1-8-13(16)11(18(2)17-8)7-21-14-9(6-19)4-10(15)5-12(14)20-3/h4-5,19H,6-7H2,1-3H3. The molecule has 1 aromatic heterocycles. The van der Waals surface area contributed by atoms with Gasteiger partial charge in [-0.3, -0.25) is 4.68 Å². The topological polar surface area (TPSA) is 56.5 Å². The first-order valence-corrected chi connectivity index (χ1v) is 7.01. The zero-order chi connectivity index (χ0) is 15.6. The molecule has 21 heavy (non-hydrogen) atoms. The lowest BCUT2D eigenvalue weighted by Crippen LogP contribution is -2.06. The van der Waals surface area contributed by atoms with E-state index >= 15 is 0 Å². The van der Waals surface area contributed by atoms with Gasteiger partial charge in [-0.25, -0.2) is 0 Å². The van der Waals surface area contributed by atoms with Crippen molar-refractivity contribution in [2.24, 2.45) is 7.05 Å². The number of benzene rings is 1. The molecule has 7 heteroatoms. The van der Waals surface area contributed by atoms with Crippen LogP contribution in [0.1, 0.15) is 17.0 Å². The van der Waals surface area contributed by atoms with Crippen molar-refractivity contribution in [3.05, 3.63) is 39.1 Å². The average Bonchev–Trinajstić information content (AvgIpc) is 2.70. The van der Waals surface area contributed by atoms with Crippen LogP contribution in [0.15, 0.2) is 12.1 Å². The van der Waals surface area contributed by atoms with E-state index in [-0.39, 0.29) is 13.2 Å². The number of hydrogen-bond acceptors (Lipinski definition) is 4. The fourth-order valence-corrected chi connectivity index (χ4v) is 2.48. The van der Waals surface area contributed by atoms with Crippen LogP contribution in [0.5, 0.6) is 11.5 Å². The van der Waals surface area contributed by atoms with E-state index < -0.39 is 0 Å². The lowest BCUT2D eigenvalue weighted by atomic mass is 10.2. The van der Waals surface area contributed by atoms with E-state index in [1.165, 1.54) is 7.11 Å². The Bertz CT molecular complexity index is 631. The maximum absolute atomic E-state index is 9.44. The van der Waals surface area contributed by atoms with Crippen molar-refractivity contribution in [3.63, 3.8) is 0 Å². The summed E-state index contributed by atoms with van der Waals surface area (Å²) in [6.07, 6.45) is 0. The van der Waals surface area contributed by atoms with Crippen LogP contribution in [0.2, 0.25) is 10.0 Å². The highest BCUT2D eigenvalue weighted by molar-refractivity contribution is 6.31. The largest absolute Gasteiger partial charge is 0.493 e. The first-order valence-electron chi connectivity index (χ1n) is 6.26. The number of hydrogen-bond donors (Lipinski definition) is 1. The molecule has 0 saturated carbocycles. The second kappa shape index (κ2) is 6.56. The Morgan fingerprint density at radius 1 is 1.33 bits per heavy atom. The van der Waals surface area contributed by atoms with Gasteiger partial charge < -0.3 is 14.6 Å². The Kier molecular flexibility index (Phi) is 4.98. The number of rotatable bonds is 5. The smallest absolute Gasteiger partial charge is 0.167 e. The van der Waals surface area contributed by atoms with Gasteiger partial charge in [0.25, 0.3) is 0 Å². The van der Waals surface area contributed by atoms with E-state index in [1.807, 2.05) is 6.92 Å². The molecule has 0 amide bonds. The average molecular weight is 331 g/mol. The van der Waals surface area contributed by atoms with Crippen molar-refractivity contribution < 1.29 is 14.6 Å². The van der Waals surface area contributed by atoms with Crippen molar-refractivity contribution in [2.45, 2.75) is 20.1 Å². The number of methoxy groups -OCH3 is 1. The number of ether oxygens (including phenoxy) is 2. The van der Waals surface area contributed by atoms with Gasteiger partial charge in [0, 0.05) is 23.7 Å². The third kappa shape index (κ3) is 3.26. The van der Waals surface area contributed by atoms with Crippen LogP contribution in [-0.2, 0) is 20.3 Å². The summed E-state index contributed by atoms with van der Waals surface area (Å²) in [4.78, 5) is 0. The van der Waals surface area contributed by atoms with Crippen molar-refractivity contribution in [1.82, 2.24) is 9.78 Å². The molecule has 0 spiro atoms. The van der Waals surface area contributed by atoms with Gasteiger partial charge in [0.05, 0.1) is 30.1 Å². The molecule has 0 saturated heterocycles. The summed E-state index contributed by atoms with van der Waals surface area (Å²) < 4.78 is 12.7. The van der Waals surface area contributed by atoms with Crippen molar-refractivity contribution >= 4 is 23.2 Å². The number of nitrogens with zero attached hydrogens (tertiary/aromatic N) is 2. The summed E-state index contributed by atoms with van der Waals surface area (Å²) in [5.41, 5.74) is 2.03. The van der Waals surface area contributed by atoms with Gasteiger partial charge in [-0.05, 0) is 13.0 Å². The molecule has 1 aromatic carbocycles. The van der Waals surface area contributed by atoms with E-state index in [1.54, 1.807) is 23.9 Å². The normalized spacial score (nSPS) is 10.8. The molecule has 1 N–H and O–H groups in total. The predicted octanol–water partition coefficient (Wildman–Crippen LogP) is 3.12. The zero-order valence-corrected chi connectivity index (χ0v) is 13.5. The molecule has 5 nitrogen and oxygen atoms in total. The molecule has 0 bridgehead atoms. The van der Waals surface area contributed by atoms with E-state index in [0.29, 0.717) is 27.1 Å². The predicted molar refractivity (Wildman–Crippen MR) is 81.2 cm³/mol. The number of aliphatic hydroxyl groups is 1. The van der Waals surface area contributed by atoms with Gasteiger partial charge in [-0.1, -0.05) is 23.2 Å². The van der Waals surface area contributed by atoms with Crippen LogP contribution < -0.4 is 9.47 Å². The highest BCUT2D eigenvalue weighted by Crippen LogP contribution is 2.35. The molecule has 2 aromatic rings. The van der Waals surface area contributed by atoms with E-state index in [4.69, 9.17) is 32.7 Å². The first kappa shape index (κ1) is 15.9. The van der Waals surface area contributed by atoms with Crippen molar-refractivity contribution in [1.29, 1.82) is 0 Å². The summed E-state index contributed by atoms with van der Waals surface area (Å²) >= 11 is 12.2. The molecule has 0 fully saturated rings. The Balaban J connectivity index is 2.31. The molecule has 0 atom stereocenters. The lowest BCUT2D eigenvalue weighted by molar-refractivity contribution is 0.246. The van der Waals surface area contributed by atoms with Gasteiger partial charge in [0.1, 0.15) is 6.61 Å². The number of aryl methyl sites for hydroxylation is 2. The van der Waals surface area contributed by atoms with Crippen LogP contribution in [0.25, 0.3) is 0 Å². The van der Waals surface area contributed by atoms with Crippen LogP contribution in [0.4, 0.5) is 0 Å². The van der Waals surface area contributed by atoms with Crippen LogP contribution in [0.3, 0.4) is 0 Å². The maximum atomic E-state index is 9.44. The van der Waals surface area contributed by atoms with Gasteiger partial charge in [0.2, 0.25) is 0 Å². The summed E-state index contributed by atoms with van der Waals surface area (Å²) in [7, 11) is 3.31. The van der Waals surface area contributed by atoms with Gasteiger partial charge >= 0.3 is 0 Å². The van der Waals surface area contributed by atoms with Gasteiger partial charge in [-0.15, -0.1) is 0 Å². The van der Waals surface area contributed by atoms with E-state index in [2.05, 4.69) is 5.10 Å². The first-order chi connectivity index (χ1) is 9.97. The molecule has 1 heterocycles. The second-order valence-corrected chi connectivity index (χ2v) is 5.33. The summed E-state index contributed by atoms with van der Waals surface area (Å²) in [6.45, 7) is 1.83. The summed E-state index contributed by atoms with van der Waals surface area (Å²) in [6, 6.07) is 3.27. The third-order valence-corrected chi connectivity index (χ3v) is 3.81. The van der Waals surface area contributed by atoms with Crippen LogP contribution in [0, 0.1) is 6.92 Å². The molecule has 0 aliphatic heterocycles. The number of halogens is 2. The van der Waals surface area contributed by atoms with E-state index in [0.717, 1.165) is 11.4 Å². The molecule has 0 aliphatic carbocycles. The minimum Gasteiger partial charge on any atom is -0.493 e. The molecule has 2 rings (SSSR count). The van der Waals surface area contributed by atoms with Crippen molar-refractivity contribution in [3.8, 4) is 11.5 Å². The molecule has 0 unspecified atom stereocenters. The second-order valence-electron chi connectivity index (χ2n) is 4.51. The fourth-order valence-electron chi connectivity index (χ4n) is 2.03. The summed E-state index contributed by atoms with van der Waals surface area (Å²) in [5.74, 6) is 0.904. The number of aromatic nitrogens is 2. The quantitative estimate of drug-likeness (QED) is 0.915. The van der Waals surface area contributed by atoms with Gasteiger partial charge in [0.15, 0.2) is 11.5 Å². The Labute approximate surface area is 133 Å². The molecule has 0 aliphatic rings. The van der Waals surface area contributed by atoms with Crippen LogP contribution in [-0.4, -0.2) is 22.0 Å². The Hall–Kier alpha value is -1.43. The maximum Gasteiger partial charge on any atom is 0.167 e. The molecular formula is C14H16Cl2N2O3. The molecule has 114 valence electrons. The Morgan fingerprint density at radius 3 is 2.57 bits per heavy atom. The molecule has 0 radical (unpaired) electrons. The summed E-state index contributed by atoms with van der Waals surface area (Å²) in [5, 5.41) is 14.7. The van der Waals surface area contributed by atoms with Crippen molar-refractivity contribution in [2.75, 3.05) is 7.11 Å². The molecular weight excluding hydrogens is 315 g/mol.